The number of nitrogens with zero attached hydrogens (tertiary/aromatic N) is 5. The van der Waals surface area contributed by atoms with Crippen LogP contribution < -0.4 is 4.90 Å². The number of halogens is 1. The van der Waals surface area contributed by atoms with Crippen LogP contribution in [0.25, 0.3) is 16.7 Å². The van der Waals surface area contributed by atoms with Gasteiger partial charge in [-0.05, 0) is 56.5 Å². The fourth-order valence-electron chi connectivity index (χ4n) is 2.97. The van der Waals surface area contributed by atoms with Gasteiger partial charge in [0.05, 0.1) is 10.3 Å². The maximum atomic E-state index is 6.23. The van der Waals surface area contributed by atoms with Crippen LogP contribution in [-0.2, 0) is 0 Å². The molecule has 0 radical (unpaired) electrons. The Kier molecular flexibility index (Phi) is 5.12. The molecule has 0 aliphatic rings. The zero-order chi connectivity index (χ0) is 20.6. The summed E-state index contributed by atoms with van der Waals surface area (Å²) >= 11 is 7.97. The Labute approximate surface area is 179 Å². The summed E-state index contributed by atoms with van der Waals surface area (Å²) < 4.78 is 1.75. The zero-order valence-electron chi connectivity index (χ0n) is 16.6. The standard InChI is InChI=1S/C22H20ClN5S/c1-22(2,29-4)11-10-15-6-5-7-17(12-15)27(3)20-18-9-8-16(23)13-19(18)28-14-24-26-21(28)25-20/h5-9,12-14H,1-4H3. The first kappa shape index (κ1) is 19.6. The summed E-state index contributed by atoms with van der Waals surface area (Å²) in [5, 5.41) is 9.73. The van der Waals surface area contributed by atoms with Crippen LogP contribution in [0, 0.1) is 11.8 Å². The number of hydrogen-bond acceptors (Lipinski definition) is 5. The van der Waals surface area contributed by atoms with Gasteiger partial charge in [0.15, 0.2) is 0 Å². The number of anilines is 2. The highest BCUT2D eigenvalue weighted by Gasteiger charge is 2.15. The van der Waals surface area contributed by atoms with Gasteiger partial charge in [0, 0.05) is 28.7 Å². The van der Waals surface area contributed by atoms with Gasteiger partial charge >= 0.3 is 0 Å². The summed E-state index contributed by atoms with van der Waals surface area (Å²) in [7, 11) is 1.99. The van der Waals surface area contributed by atoms with Crippen molar-refractivity contribution in [3.63, 3.8) is 0 Å². The molecule has 0 saturated heterocycles. The minimum atomic E-state index is -0.0857. The van der Waals surface area contributed by atoms with Gasteiger partial charge in [0.2, 0.25) is 0 Å². The third-order valence-electron chi connectivity index (χ3n) is 4.77. The summed E-state index contributed by atoms with van der Waals surface area (Å²) in [5.41, 5.74) is 2.87. The van der Waals surface area contributed by atoms with Crippen molar-refractivity contribution >= 4 is 51.5 Å². The molecule has 0 aliphatic carbocycles. The molecule has 0 aliphatic heterocycles. The molecule has 5 nitrogen and oxygen atoms in total. The molecule has 7 heteroatoms. The zero-order valence-corrected chi connectivity index (χ0v) is 18.2. The lowest BCUT2D eigenvalue weighted by Gasteiger charge is -2.21. The van der Waals surface area contributed by atoms with E-state index in [-0.39, 0.29) is 4.75 Å². The molecule has 0 atom stereocenters. The molecule has 0 unspecified atom stereocenters. The predicted molar refractivity (Wildman–Crippen MR) is 122 cm³/mol. The minimum Gasteiger partial charge on any atom is -0.329 e. The summed E-state index contributed by atoms with van der Waals surface area (Å²) in [6.45, 7) is 4.24. The van der Waals surface area contributed by atoms with Crippen LogP contribution in [0.2, 0.25) is 5.02 Å². The average molecular weight is 422 g/mol. The number of thioether (sulfide) groups is 1. The largest absolute Gasteiger partial charge is 0.329 e. The molecular weight excluding hydrogens is 402 g/mol. The van der Waals surface area contributed by atoms with Crippen LogP contribution in [0.4, 0.5) is 11.5 Å². The van der Waals surface area contributed by atoms with Crippen LogP contribution in [0.5, 0.6) is 0 Å². The number of rotatable bonds is 3. The fourth-order valence-corrected chi connectivity index (χ4v) is 3.29. The second-order valence-corrected chi connectivity index (χ2v) is 9.04. The average Bonchev–Trinajstić information content (AvgIpc) is 3.20. The SMILES string of the molecule is CSC(C)(C)C#Cc1cccc(N(C)c2nc3nncn3c3cc(Cl)ccc23)c1. The van der Waals surface area contributed by atoms with Crippen molar-refractivity contribution in [1.82, 2.24) is 19.6 Å². The molecule has 146 valence electrons. The third kappa shape index (κ3) is 3.89. The van der Waals surface area contributed by atoms with E-state index in [9.17, 15) is 0 Å². The van der Waals surface area contributed by atoms with Crippen molar-refractivity contribution in [1.29, 1.82) is 0 Å². The number of aromatic nitrogens is 4. The first-order valence-corrected chi connectivity index (χ1v) is 10.7. The second kappa shape index (κ2) is 7.58. The molecule has 0 fully saturated rings. The minimum absolute atomic E-state index is 0.0857. The lowest BCUT2D eigenvalue weighted by molar-refractivity contribution is 0.937. The molecular formula is C22H20ClN5S. The molecule has 0 amide bonds. The van der Waals surface area contributed by atoms with Crippen molar-refractivity contribution in [3.05, 3.63) is 59.4 Å². The lowest BCUT2D eigenvalue weighted by Crippen LogP contribution is -2.13. The van der Waals surface area contributed by atoms with Crippen molar-refractivity contribution in [2.75, 3.05) is 18.2 Å². The Hall–Kier alpha value is -2.75. The van der Waals surface area contributed by atoms with Crippen LogP contribution in [0.3, 0.4) is 0 Å². The highest BCUT2D eigenvalue weighted by atomic mass is 35.5. The van der Waals surface area contributed by atoms with Crippen molar-refractivity contribution < 1.29 is 0 Å². The lowest BCUT2D eigenvalue weighted by atomic mass is 10.1. The van der Waals surface area contributed by atoms with Crippen LogP contribution in [0.1, 0.15) is 19.4 Å². The summed E-state index contributed by atoms with van der Waals surface area (Å²) in [4.78, 5) is 6.77. The molecule has 0 spiro atoms. The second-order valence-electron chi connectivity index (χ2n) is 7.17. The van der Waals surface area contributed by atoms with Gasteiger partial charge in [-0.1, -0.05) is 29.5 Å². The van der Waals surface area contributed by atoms with E-state index in [4.69, 9.17) is 16.6 Å². The Morgan fingerprint density at radius 1 is 1.17 bits per heavy atom. The topological polar surface area (TPSA) is 46.3 Å². The highest BCUT2D eigenvalue weighted by molar-refractivity contribution is 8.00. The molecule has 2 aromatic heterocycles. The van der Waals surface area contributed by atoms with E-state index in [1.807, 2.05) is 52.7 Å². The normalized spacial score (nSPS) is 11.5. The van der Waals surface area contributed by atoms with E-state index in [1.165, 1.54) is 0 Å². The quantitative estimate of drug-likeness (QED) is 0.426. The Morgan fingerprint density at radius 3 is 2.79 bits per heavy atom. The smallest absolute Gasteiger partial charge is 0.257 e. The molecule has 0 N–H and O–H groups in total. The van der Waals surface area contributed by atoms with Gasteiger partial charge in [-0.25, -0.2) is 0 Å². The Balaban J connectivity index is 1.81. The van der Waals surface area contributed by atoms with Gasteiger partial charge in [-0.2, -0.15) is 4.98 Å². The fraction of sp³-hybridized carbons (Fsp3) is 0.227. The first-order valence-electron chi connectivity index (χ1n) is 9.09. The molecule has 29 heavy (non-hydrogen) atoms. The van der Waals surface area contributed by atoms with E-state index in [0.717, 1.165) is 28.0 Å². The van der Waals surface area contributed by atoms with Crippen LogP contribution in [-0.4, -0.2) is 37.6 Å². The van der Waals surface area contributed by atoms with E-state index in [1.54, 1.807) is 18.1 Å². The molecule has 2 heterocycles. The van der Waals surface area contributed by atoms with Crippen LogP contribution >= 0.6 is 23.4 Å². The van der Waals surface area contributed by atoms with Crippen molar-refractivity contribution in [2.45, 2.75) is 18.6 Å². The van der Waals surface area contributed by atoms with E-state index >= 15 is 0 Å². The molecule has 4 aromatic rings. The van der Waals surface area contributed by atoms with Gasteiger partial charge < -0.3 is 4.90 Å². The number of benzene rings is 2. The van der Waals surface area contributed by atoms with Crippen molar-refractivity contribution in [2.24, 2.45) is 0 Å². The van der Waals surface area contributed by atoms with Crippen LogP contribution in [0.15, 0.2) is 48.8 Å². The van der Waals surface area contributed by atoms with E-state index < -0.39 is 0 Å². The van der Waals surface area contributed by atoms with Crippen molar-refractivity contribution in [3.8, 4) is 11.8 Å². The van der Waals surface area contributed by atoms with Gasteiger partial charge in [-0.3, -0.25) is 4.40 Å². The molecule has 4 rings (SSSR count). The highest BCUT2D eigenvalue weighted by Crippen LogP contribution is 2.31. The summed E-state index contributed by atoms with van der Waals surface area (Å²) in [5.74, 6) is 7.93. The third-order valence-corrected chi connectivity index (χ3v) is 6.12. The first-order chi connectivity index (χ1) is 13.9. The Morgan fingerprint density at radius 2 is 2.00 bits per heavy atom. The number of fused-ring (bicyclic) bond motifs is 3. The van der Waals surface area contributed by atoms with Gasteiger partial charge in [-0.15, -0.1) is 22.0 Å². The molecule has 0 saturated carbocycles. The molecule has 2 aromatic carbocycles. The summed E-state index contributed by atoms with van der Waals surface area (Å²) in [6, 6.07) is 13.9. The predicted octanol–water partition coefficient (Wildman–Crippen LogP) is 5.19. The van der Waals surface area contributed by atoms with Gasteiger partial charge in [0.25, 0.3) is 5.78 Å². The Bertz CT molecular complexity index is 1270. The maximum absolute atomic E-state index is 6.23. The monoisotopic (exact) mass is 421 g/mol. The van der Waals surface area contributed by atoms with E-state index in [2.05, 4.69) is 48.2 Å². The summed E-state index contributed by atoms with van der Waals surface area (Å²) in [6.07, 6.45) is 3.72. The molecule has 0 bridgehead atoms. The van der Waals surface area contributed by atoms with Gasteiger partial charge in [0.1, 0.15) is 12.1 Å². The maximum Gasteiger partial charge on any atom is 0.257 e. The number of hydrogen-bond donors (Lipinski definition) is 0. The van der Waals surface area contributed by atoms with E-state index in [0.29, 0.717) is 10.8 Å².